The van der Waals surface area contributed by atoms with E-state index in [1.54, 1.807) is 12.1 Å². The Kier molecular flexibility index (Phi) is 6.11. The largest absolute Gasteiger partial charge is 0.352 e. The fraction of sp³-hybridized carbons (Fsp3) is 0.500. The Balaban J connectivity index is 2.55. The summed E-state index contributed by atoms with van der Waals surface area (Å²) in [6, 6.07) is 5.96. The van der Waals surface area contributed by atoms with E-state index in [-0.39, 0.29) is 24.1 Å². The van der Waals surface area contributed by atoms with Crippen LogP contribution in [0.25, 0.3) is 0 Å². The summed E-state index contributed by atoms with van der Waals surface area (Å²) in [6.45, 7) is 4.56. The zero-order chi connectivity index (χ0) is 15.1. The van der Waals surface area contributed by atoms with Gasteiger partial charge in [-0.3, -0.25) is 14.9 Å². The summed E-state index contributed by atoms with van der Waals surface area (Å²) in [5, 5.41) is 13.4. The van der Waals surface area contributed by atoms with E-state index in [1.165, 1.54) is 12.1 Å². The lowest BCUT2D eigenvalue weighted by Crippen LogP contribution is -2.41. The fourth-order valence-corrected chi connectivity index (χ4v) is 1.98. The van der Waals surface area contributed by atoms with Crippen LogP contribution in [0.3, 0.4) is 0 Å². The molecular formula is C14H21N3O3. The van der Waals surface area contributed by atoms with Crippen LogP contribution in [0.5, 0.6) is 0 Å². The SMILES string of the molecule is CC(C)CC(CN)NC(=O)Cc1ccc([N+](=O)[O-])cc1. The second kappa shape index (κ2) is 7.59. The molecule has 1 unspecified atom stereocenters. The molecule has 1 atom stereocenters. The minimum atomic E-state index is -0.461. The molecule has 0 saturated heterocycles. The molecule has 1 amide bonds. The van der Waals surface area contributed by atoms with Crippen molar-refractivity contribution in [2.75, 3.05) is 6.54 Å². The predicted molar refractivity (Wildman–Crippen MR) is 77.2 cm³/mol. The van der Waals surface area contributed by atoms with E-state index < -0.39 is 4.92 Å². The first-order valence-electron chi connectivity index (χ1n) is 6.65. The minimum Gasteiger partial charge on any atom is -0.352 e. The lowest BCUT2D eigenvalue weighted by atomic mass is 10.0. The third-order valence-corrected chi connectivity index (χ3v) is 2.92. The molecule has 6 heteroatoms. The van der Waals surface area contributed by atoms with Crippen LogP contribution >= 0.6 is 0 Å². The van der Waals surface area contributed by atoms with Crippen molar-refractivity contribution in [1.29, 1.82) is 0 Å². The van der Waals surface area contributed by atoms with Gasteiger partial charge in [0, 0.05) is 24.7 Å². The zero-order valence-electron chi connectivity index (χ0n) is 11.8. The van der Waals surface area contributed by atoms with Gasteiger partial charge in [0.25, 0.3) is 5.69 Å². The number of amides is 1. The molecule has 1 aromatic rings. The van der Waals surface area contributed by atoms with E-state index in [0.29, 0.717) is 12.5 Å². The Morgan fingerprint density at radius 3 is 2.40 bits per heavy atom. The Morgan fingerprint density at radius 2 is 1.95 bits per heavy atom. The van der Waals surface area contributed by atoms with Gasteiger partial charge in [-0.15, -0.1) is 0 Å². The Labute approximate surface area is 118 Å². The van der Waals surface area contributed by atoms with Gasteiger partial charge in [0.1, 0.15) is 0 Å². The van der Waals surface area contributed by atoms with E-state index in [2.05, 4.69) is 19.2 Å². The molecular weight excluding hydrogens is 258 g/mol. The smallest absolute Gasteiger partial charge is 0.269 e. The van der Waals surface area contributed by atoms with Gasteiger partial charge < -0.3 is 11.1 Å². The maximum atomic E-state index is 11.9. The van der Waals surface area contributed by atoms with Crippen molar-refractivity contribution in [3.05, 3.63) is 39.9 Å². The van der Waals surface area contributed by atoms with Crippen LogP contribution in [0, 0.1) is 16.0 Å². The third-order valence-electron chi connectivity index (χ3n) is 2.92. The van der Waals surface area contributed by atoms with Crippen LogP contribution in [0.1, 0.15) is 25.8 Å². The van der Waals surface area contributed by atoms with Gasteiger partial charge in [-0.05, 0) is 17.9 Å². The predicted octanol–water partition coefficient (Wildman–Crippen LogP) is 1.63. The van der Waals surface area contributed by atoms with Gasteiger partial charge >= 0.3 is 0 Å². The number of carbonyl (C=O) groups excluding carboxylic acids is 1. The first-order chi connectivity index (χ1) is 9.42. The summed E-state index contributed by atoms with van der Waals surface area (Å²) in [5.41, 5.74) is 6.39. The molecule has 0 aliphatic rings. The topological polar surface area (TPSA) is 98.3 Å². The number of nitrogens with zero attached hydrogens (tertiary/aromatic N) is 1. The van der Waals surface area contributed by atoms with Gasteiger partial charge in [0.05, 0.1) is 11.3 Å². The average Bonchev–Trinajstić information content (AvgIpc) is 2.37. The highest BCUT2D eigenvalue weighted by molar-refractivity contribution is 5.78. The van der Waals surface area contributed by atoms with E-state index >= 15 is 0 Å². The maximum absolute atomic E-state index is 11.9. The van der Waals surface area contributed by atoms with Crippen molar-refractivity contribution < 1.29 is 9.72 Å². The lowest BCUT2D eigenvalue weighted by molar-refractivity contribution is -0.384. The molecule has 0 heterocycles. The van der Waals surface area contributed by atoms with Crippen molar-refractivity contribution in [3.63, 3.8) is 0 Å². The van der Waals surface area contributed by atoms with Crippen molar-refractivity contribution in [3.8, 4) is 0 Å². The summed E-state index contributed by atoms with van der Waals surface area (Å²) in [5.74, 6) is 0.346. The molecule has 0 radical (unpaired) electrons. The molecule has 0 saturated carbocycles. The number of benzene rings is 1. The van der Waals surface area contributed by atoms with E-state index in [1.807, 2.05) is 0 Å². The van der Waals surface area contributed by atoms with Crippen molar-refractivity contribution in [2.45, 2.75) is 32.7 Å². The van der Waals surface area contributed by atoms with Crippen LogP contribution in [0.4, 0.5) is 5.69 Å². The number of rotatable bonds is 7. The summed E-state index contributed by atoms with van der Waals surface area (Å²) in [4.78, 5) is 22.0. The molecule has 0 bridgehead atoms. The van der Waals surface area contributed by atoms with E-state index in [0.717, 1.165) is 12.0 Å². The van der Waals surface area contributed by atoms with E-state index in [4.69, 9.17) is 5.73 Å². The molecule has 20 heavy (non-hydrogen) atoms. The van der Waals surface area contributed by atoms with Crippen LogP contribution in [0.15, 0.2) is 24.3 Å². The van der Waals surface area contributed by atoms with Gasteiger partial charge in [-0.1, -0.05) is 26.0 Å². The van der Waals surface area contributed by atoms with E-state index in [9.17, 15) is 14.9 Å². The summed E-state index contributed by atoms with van der Waals surface area (Å²) >= 11 is 0. The molecule has 1 rings (SSSR count). The monoisotopic (exact) mass is 279 g/mol. The van der Waals surface area contributed by atoms with Crippen LogP contribution < -0.4 is 11.1 Å². The Hall–Kier alpha value is -1.95. The van der Waals surface area contributed by atoms with Gasteiger partial charge in [0.15, 0.2) is 0 Å². The Morgan fingerprint density at radius 1 is 1.35 bits per heavy atom. The molecule has 0 aliphatic heterocycles. The number of nitrogens with one attached hydrogen (secondary N) is 1. The highest BCUT2D eigenvalue weighted by atomic mass is 16.6. The van der Waals surface area contributed by atoms with Gasteiger partial charge in [-0.2, -0.15) is 0 Å². The molecule has 0 fully saturated rings. The van der Waals surface area contributed by atoms with Crippen LogP contribution in [-0.4, -0.2) is 23.4 Å². The number of nitro groups is 1. The number of hydrogen-bond acceptors (Lipinski definition) is 4. The highest BCUT2D eigenvalue weighted by Gasteiger charge is 2.13. The quantitative estimate of drug-likeness (QED) is 0.585. The second-order valence-corrected chi connectivity index (χ2v) is 5.23. The molecule has 1 aromatic carbocycles. The minimum absolute atomic E-state index is 0.0220. The van der Waals surface area contributed by atoms with Crippen LogP contribution in [0.2, 0.25) is 0 Å². The molecule has 0 spiro atoms. The van der Waals surface area contributed by atoms with Gasteiger partial charge in [-0.25, -0.2) is 0 Å². The Bertz CT molecular complexity index is 457. The average molecular weight is 279 g/mol. The van der Waals surface area contributed by atoms with Crippen LogP contribution in [-0.2, 0) is 11.2 Å². The summed E-state index contributed by atoms with van der Waals surface area (Å²) in [7, 11) is 0. The number of non-ortho nitro benzene ring substituents is 1. The summed E-state index contributed by atoms with van der Waals surface area (Å²) < 4.78 is 0. The molecule has 6 nitrogen and oxygen atoms in total. The zero-order valence-corrected chi connectivity index (χ0v) is 11.8. The molecule has 110 valence electrons. The molecule has 0 aromatic heterocycles. The molecule has 3 N–H and O–H groups in total. The van der Waals surface area contributed by atoms with Gasteiger partial charge in [0.2, 0.25) is 5.91 Å². The third kappa shape index (κ3) is 5.36. The number of hydrogen-bond donors (Lipinski definition) is 2. The number of nitrogens with two attached hydrogens (primary N) is 1. The van der Waals surface area contributed by atoms with Crippen molar-refractivity contribution in [2.24, 2.45) is 11.7 Å². The number of carbonyl (C=O) groups is 1. The second-order valence-electron chi connectivity index (χ2n) is 5.23. The summed E-state index contributed by atoms with van der Waals surface area (Å²) in [6.07, 6.45) is 1.04. The van der Waals surface area contributed by atoms with Crippen molar-refractivity contribution >= 4 is 11.6 Å². The maximum Gasteiger partial charge on any atom is 0.269 e. The molecule has 0 aliphatic carbocycles. The fourth-order valence-electron chi connectivity index (χ4n) is 1.98. The lowest BCUT2D eigenvalue weighted by Gasteiger charge is -2.18. The number of nitro benzene ring substituents is 1. The standard InChI is InChI=1S/C14H21N3O3/c1-10(2)7-12(9-15)16-14(18)8-11-3-5-13(6-4-11)17(19)20/h3-6,10,12H,7-9,15H2,1-2H3,(H,16,18). The normalized spacial score (nSPS) is 12.2. The highest BCUT2D eigenvalue weighted by Crippen LogP contribution is 2.12. The first-order valence-corrected chi connectivity index (χ1v) is 6.65. The van der Waals surface area contributed by atoms with Crippen molar-refractivity contribution in [1.82, 2.24) is 5.32 Å². The first kappa shape index (κ1) is 16.1.